The molecule has 0 atom stereocenters. The molecule has 0 saturated carbocycles. The first-order valence-corrected chi connectivity index (χ1v) is 9.67. The molecule has 26 heavy (non-hydrogen) atoms. The van der Waals surface area contributed by atoms with Crippen molar-refractivity contribution in [1.29, 1.82) is 0 Å². The van der Waals surface area contributed by atoms with E-state index in [-0.39, 0.29) is 5.91 Å². The third-order valence-corrected chi connectivity index (χ3v) is 5.50. The van der Waals surface area contributed by atoms with Crippen molar-refractivity contribution in [2.24, 2.45) is 0 Å². The summed E-state index contributed by atoms with van der Waals surface area (Å²) in [6.45, 7) is 5.11. The Bertz CT molecular complexity index is 838. The van der Waals surface area contributed by atoms with Crippen LogP contribution in [0.15, 0.2) is 54.2 Å². The predicted molar refractivity (Wildman–Crippen MR) is 102 cm³/mol. The molecule has 0 aliphatic carbocycles. The number of aromatic nitrogens is 3. The molecule has 1 aliphatic heterocycles. The second-order valence-corrected chi connectivity index (χ2v) is 7.17. The van der Waals surface area contributed by atoms with Crippen molar-refractivity contribution in [2.45, 2.75) is 6.54 Å². The van der Waals surface area contributed by atoms with Gasteiger partial charge in [-0.1, -0.05) is 30.3 Å². The number of rotatable bonds is 5. The van der Waals surface area contributed by atoms with Crippen LogP contribution in [0.5, 0.6) is 0 Å². The largest absolute Gasteiger partial charge is 0.335 e. The van der Waals surface area contributed by atoms with Crippen LogP contribution < -0.4 is 0 Å². The zero-order valence-corrected chi connectivity index (χ0v) is 15.3. The van der Waals surface area contributed by atoms with Crippen LogP contribution in [0.25, 0.3) is 10.6 Å². The van der Waals surface area contributed by atoms with Gasteiger partial charge in [0, 0.05) is 56.1 Å². The van der Waals surface area contributed by atoms with E-state index in [0.29, 0.717) is 5.69 Å². The molecular weight excluding hydrogens is 346 g/mol. The minimum absolute atomic E-state index is 0.0372. The summed E-state index contributed by atoms with van der Waals surface area (Å²) in [4.78, 5) is 21.6. The molecule has 0 radical (unpaired) electrons. The molecule has 134 valence electrons. The quantitative estimate of drug-likeness (QED) is 0.695. The van der Waals surface area contributed by atoms with Gasteiger partial charge in [-0.25, -0.2) is 4.98 Å². The number of benzene rings is 1. The molecule has 1 aliphatic rings. The van der Waals surface area contributed by atoms with Crippen LogP contribution in [0.4, 0.5) is 0 Å². The number of nitrogens with zero attached hydrogens (tertiary/aromatic N) is 5. The molecular formula is C19H21N5OS. The SMILES string of the molecule is O=C(c1csc(-c2ccccc2)n1)N1CCN(CCn2cccn2)CC1. The summed E-state index contributed by atoms with van der Waals surface area (Å²) >= 11 is 1.52. The fourth-order valence-electron chi connectivity index (χ4n) is 3.10. The number of carbonyl (C=O) groups excluding carboxylic acids is 1. The van der Waals surface area contributed by atoms with Gasteiger partial charge in [0.15, 0.2) is 0 Å². The summed E-state index contributed by atoms with van der Waals surface area (Å²) in [7, 11) is 0. The molecule has 0 unspecified atom stereocenters. The second-order valence-electron chi connectivity index (χ2n) is 6.31. The molecule has 3 heterocycles. The summed E-state index contributed by atoms with van der Waals surface area (Å²) < 4.78 is 1.94. The number of carbonyl (C=O) groups is 1. The van der Waals surface area contributed by atoms with Crippen molar-refractivity contribution in [1.82, 2.24) is 24.6 Å². The third-order valence-electron chi connectivity index (χ3n) is 4.61. The summed E-state index contributed by atoms with van der Waals surface area (Å²) in [5.74, 6) is 0.0372. The molecule has 1 fully saturated rings. The molecule has 1 amide bonds. The van der Waals surface area contributed by atoms with Crippen LogP contribution >= 0.6 is 11.3 Å². The monoisotopic (exact) mass is 367 g/mol. The number of hydrogen-bond donors (Lipinski definition) is 0. The Hall–Kier alpha value is -2.51. The van der Waals surface area contributed by atoms with Crippen LogP contribution in [0, 0.1) is 0 Å². The van der Waals surface area contributed by atoms with Gasteiger partial charge in [-0.2, -0.15) is 5.10 Å². The Kier molecular flexibility index (Phi) is 5.08. The Morgan fingerprint density at radius 1 is 1.04 bits per heavy atom. The van der Waals surface area contributed by atoms with Crippen molar-refractivity contribution in [3.05, 3.63) is 59.9 Å². The van der Waals surface area contributed by atoms with Crippen molar-refractivity contribution in [3.63, 3.8) is 0 Å². The van der Waals surface area contributed by atoms with Gasteiger partial charge in [0.25, 0.3) is 5.91 Å². The first kappa shape index (κ1) is 16.9. The summed E-state index contributed by atoms with van der Waals surface area (Å²) in [6, 6.07) is 11.9. The zero-order chi connectivity index (χ0) is 17.8. The second kappa shape index (κ2) is 7.80. The highest BCUT2D eigenvalue weighted by atomic mass is 32.1. The first-order valence-electron chi connectivity index (χ1n) is 8.79. The number of piperazine rings is 1. The van der Waals surface area contributed by atoms with E-state index in [0.717, 1.165) is 49.8 Å². The maximum Gasteiger partial charge on any atom is 0.273 e. The average molecular weight is 367 g/mol. The van der Waals surface area contributed by atoms with Crippen molar-refractivity contribution >= 4 is 17.2 Å². The van der Waals surface area contributed by atoms with E-state index in [2.05, 4.69) is 15.0 Å². The minimum atomic E-state index is 0.0372. The van der Waals surface area contributed by atoms with E-state index in [1.807, 2.05) is 57.6 Å². The van der Waals surface area contributed by atoms with Gasteiger partial charge in [-0.3, -0.25) is 14.4 Å². The lowest BCUT2D eigenvalue weighted by molar-refractivity contribution is 0.0627. The van der Waals surface area contributed by atoms with Crippen molar-refractivity contribution < 1.29 is 4.79 Å². The zero-order valence-electron chi connectivity index (χ0n) is 14.5. The lowest BCUT2D eigenvalue weighted by Gasteiger charge is -2.34. The maximum atomic E-state index is 12.7. The van der Waals surface area contributed by atoms with E-state index in [4.69, 9.17) is 0 Å². The number of thiazole rings is 1. The molecule has 0 bridgehead atoms. The predicted octanol–water partition coefficient (Wildman–Crippen LogP) is 2.46. The normalized spacial score (nSPS) is 15.3. The average Bonchev–Trinajstić information content (AvgIpc) is 3.39. The summed E-state index contributed by atoms with van der Waals surface area (Å²) in [5.41, 5.74) is 1.61. The van der Waals surface area contributed by atoms with Crippen molar-refractivity contribution in [3.8, 4) is 10.6 Å². The van der Waals surface area contributed by atoms with Gasteiger partial charge < -0.3 is 4.90 Å². The topological polar surface area (TPSA) is 54.3 Å². The molecule has 7 heteroatoms. The lowest BCUT2D eigenvalue weighted by Crippen LogP contribution is -2.49. The van der Waals surface area contributed by atoms with Crippen LogP contribution in [-0.4, -0.2) is 63.2 Å². The van der Waals surface area contributed by atoms with Gasteiger partial charge in [0.1, 0.15) is 10.7 Å². The highest BCUT2D eigenvalue weighted by Gasteiger charge is 2.23. The van der Waals surface area contributed by atoms with Crippen LogP contribution in [-0.2, 0) is 6.54 Å². The molecule has 6 nitrogen and oxygen atoms in total. The lowest BCUT2D eigenvalue weighted by atomic mass is 10.2. The molecule has 0 spiro atoms. The van der Waals surface area contributed by atoms with Crippen LogP contribution in [0.1, 0.15) is 10.5 Å². The van der Waals surface area contributed by atoms with Gasteiger partial charge in [0.2, 0.25) is 0 Å². The van der Waals surface area contributed by atoms with E-state index in [1.54, 1.807) is 6.20 Å². The van der Waals surface area contributed by atoms with E-state index < -0.39 is 0 Å². The van der Waals surface area contributed by atoms with Crippen molar-refractivity contribution in [2.75, 3.05) is 32.7 Å². The van der Waals surface area contributed by atoms with Gasteiger partial charge >= 0.3 is 0 Å². The van der Waals surface area contributed by atoms with Gasteiger partial charge in [-0.05, 0) is 6.07 Å². The fraction of sp³-hybridized carbons (Fsp3) is 0.316. The molecule has 4 rings (SSSR count). The molecule has 2 aromatic heterocycles. The molecule has 3 aromatic rings. The molecule has 0 N–H and O–H groups in total. The smallest absolute Gasteiger partial charge is 0.273 e. The van der Waals surface area contributed by atoms with Gasteiger partial charge in [-0.15, -0.1) is 11.3 Å². The van der Waals surface area contributed by atoms with Crippen LogP contribution in [0.3, 0.4) is 0 Å². The summed E-state index contributed by atoms with van der Waals surface area (Å²) in [5, 5.41) is 6.99. The van der Waals surface area contributed by atoms with E-state index >= 15 is 0 Å². The van der Waals surface area contributed by atoms with E-state index in [9.17, 15) is 4.79 Å². The maximum absolute atomic E-state index is 12.7. The summed E-state index contributed by atoms with van der Waals surface area (Å²) in [6.07, 6.45) is 3.78. The van der Waals surface area contributed by atoms with Gasteiger partial charge in [0.05, 0.1) is 6.54 Å². The third kappa shape index (κ3) is 3.84. The number of amides is 1. The minimum Gasteiger partial charge on any atom is -0.335 e. The fourth-order valence-corrected chi connectivity index (χ4v) is 3.90. The first-order chi connectivity index (χ1) is 12.8. The molecule has 1 aromatic carbocycles. The Morgan fingerprint density at radius 2 is 1.85 bits per heavy atom. The highest BCUT2D eigenvalue weighted by molar-refractivity contribution is 7.13. The van der Waals surface area contributed by atoms with Crippen LogP contribution in [0.2, 0.25) is 0 Å². The Labute approximate surface area is 156 Å². The molecule has 1 saturated heterocycles. The Balaban J connectivity index is 1.31. The standard InChI is InChI=1S/C19H21N5OS/c25-19(17-15-26-18(21-17)16-5-2-1-3-6-16)23-12-9-22(10-13-23)11-14-24-8-4-7-20-24/h1-8,15H,9-14H2. The highest BCUT2D eigenvalue weighted by Crippen LogP contribution is 2.24. The Morgan fingerprint density at radius 3 is 2.58 bits per heavy atom. The number of hydrogen-bond acceptors (Lipinski definition) is 5. The van der Waals surface area contributed by atoms with E-state index in [1.165, 1.54) is 11.3 Å².